The molecule has 4 rings (SSSR count). The van der Waals surface area contributed by atoms with Gasteiger partial charge in [0.2, 0.25) is 5.91 Å². The SMILES string of the molecule is CC(C)c1nc(N2CCN(C(=O)Cc3cccs3)[C@H](C(C)C)C2)c(C#N)cc1-c1ccc(C(F)(F)F)cc1. The fraction of sp³-hybridized carbons (Fsp3) is 0.414. The van der Waals surface area contributed by atoms with Crippen LogP contribution in [0.1, 0.15) is 55.3 Å². The molecular formula is C29H31F3N4OS. The molecule has 0 saturated carbocycles. The highest BCUT2D eigenvalue weighted by molar-refractivity contribution is 7.10. The molecule has 2 aromatic heterocycles. The molecule has 38 heavy (non-hydrogen) atoms. The fourth-order valence-corrected chi connectivity index (χ4v) is 5.59. The van der Waals surface area contributed by atoms with Gasteiger partial charge in [0.25, 0.3) is 0 Å². The molecule has 5 nitrogen and oxygen atoms in total. The first-order chi connectivity index (χ1) is 18.0. The number of nitrogens with zero attached hydrogens (tertiary/aromatic N) is 4. The molecule has 1 aromatic carbocycles. The van der Waals surface area contributed by atoms with Crippen molar-refractivity contribution in [1.29, 1.82) is 5.26 Å². The van der Waals surface area contributed by atoms with Gasteiger partial charge in [-0.1, -0.05) is 45.9 Å². The van der Waals surface area contributed by atoms with Crippen molar-refractivity contribution in [2.75, 3.05) is 24.5 Å². The molecule has 3 heterocycles. The molecular weight excluding hydrogens is 509 g/mol. The summed E-state index contributed by atoms with van der Waals surface area (Å²) in [7, 11) is 0. The topological polar surface area (TPSA) is 60.2 Å². The average molecular weight is 541 g/mol. The van der Waals surface area contributed by atoms with E-state index < -0.39 is 11.7 Å². The zero-order valence-electron chi connectivity index (χ0n) is 21.9. The third-order valence-corrected chi connectivity index (χ3v) is 7.81. The summed E-state index contributed by atoms with van der Waals surface area (Å²) in [6.07, 6.45) is -4.04. The molecule has 0 unspecified atom stereocenters. The van der Waals surface area contributed by atoms with Crippen molar-refractivity contribution in [3.8, 4) is 17.2 Å². The number of piperazine rings is 1. The number of pyridine rings is 1. The number of carbonyl (C=O) groups is 1. The van der Waals surface area contributed by atoms with Crippen molar-refractivity contribution in [2.24, 2.45) is 5.92 Å². The molecule has 1 aliphatic heterocycles. The Labute approximate surface area is 225 Å². The van der Waals surface area contributed by atoms with Crippen LogP contribution in [-0.2, 0) is 17.4 Å². The minimum atomic E-state index is -4.42. The van der Waals surface area contributed by atoms with E-state index >= 15 is 0 Å². The monoisotopic (exact) mass is 540 g/mol. The smallest absolute Gasteiger partial charge is 0.352 e. The third-order valence-electron chi connectivity index (χ3n) is 6.94. The van der Waals surface area contributed by atoms with E-state index in [-0.39, 0.29) is 23.8 Å². The van der Waals surface area contributed by atoms with E-state index in [9.17, 15) is 23.2 Å². The first-order valence-corrected chi connectivity index (χ1v) is 13.6. The van der Waals surface area contributed by atoms with Crippen LogP contribution in [0.5, 0.6) is 0 Å². The molecule has 9 heteroatoms. The maximum absolute atomic E-state index is 13.2. The van der Waals surface area contributed by atoms with E-state index in [0.29, 0.717) is 48.6 Å². The number of aromatic nitrogens is 1. The largest absolute Gasteiger partial charge is 0.416 e. The van der Waals surface area contributed by atoms with Crippen LogP contribution in [0.15, 0.2) is 47.8 Å². The third kappa shape index (κ3) is 5.86. The fourth-order valence-electron chi connectivity index (χ4n) is 4.90. The number of hydrogen-bond acceptors (Lipinski definition) is 5. The summed E-state index contributed by atoms with van der Waals surface area (Å²) in [4.78, 5) is 23.1. The van der Waals surface area contributed by atoms with Gasteiger partial charge < -0.3 is 9.80 Å². The lowest BCUT2D eigenvalue weighted by Gasteiger charge is -2.44. The van der Waals surface area contributed by atoms with Gasteiger partial charge in [-0.3, -0.25) is 4.79 Å². The van der Waals surface area contributed by atoms with Crippen molar-refractivity contribution in [3.05, 3.63) is 69.5 Å². The number of halogens is 3. The summed E-state index contributed by atoms with van der Waals surface area (Å²) >= 11 is 1.57. The number of nitriles is 1. The first kappa shape index (κ1) is 27.6. The quantitative estimate of drug-likeness (QED) is 0.347. The Kier molecular flexibility index (Phi) is 8.12. The first-order valence-electron chi connectivity index (χ1n) is 12.7. The van der Waals surface area contributed by atoms with Gasteiger partial charge >= 0.3 is 6.18 Å². The highest BCUT2D eigenvalue weighted by Gasteiger charge is 2.34. The Morgan fingerprint density at radius 2 is 1.87 bits per heavy atom. The molecule has 0 spiro atoms. The summed E-state index contributed by atoms with van der Waals surface area (Å²) in [6, 6.07) is 12.8. The number of thiophene rings is 1. The lowest BCUT2D eigenvalue weighted by molar-refractivity contribution is -0.137. The number of carbonyl (C=O) groups excluding carboxylic acids is 1. The minimum absolute atomic E-state index is 0.0201. The number of hydrogen-bond donors (Lipinski definition) is 0. The van der Waals surface area contributed by atoms with Gasteiger partial charge in [0.1, 0.15) is 11.9 Å². The molecule has 1 saturated heterocycles. The predicted molar refractivity (Wildman–Crippen MR) is 144 cm³/mol. The number of anilines is 1. The van der Waals surface area contributed by atoms with Gasteiger partial charge in [0.15, 0.2) is 0 Å². The van der Waals surface area contributed by atoms with Gasteiger partial charge in [-0.15, -0.1) is 11.3 Å². The Morgan fingerprint density at radius 1 is 1.16 bits per heavy atom. The molecule has 0 bridgehead atoms. The molecule has 3 aromatic rings. The van der Waals surface area contributed by atoms with Crippen LogP contribution in [0.2, 0.25) is 0 Å². The van der Waals surface area contributed by atoms with Gasteiger partial charge in [0.05, 0.1) is 29.3 Å². The van der Waals surface area contributed by atoms with E-state index in [1.54, 1.807) is 17.4 Å². The second-order valence-electron chi connectivity index (χ2n) is 10.2. The molecule has 1 amide bonds. The molecule has 0 aliphatic carbocycles. The van der Waals surface area contributed by atoms with Crippen LogP contribution in [0.4, 0.5) is 19.0 Å². The summed E-state index contributed by atoms with van der Waals surface area (Å²) < 4.78 is 39.2. The Hall–Kier alpha value is -3.38. The van der Waals surface area contributed by atoms with Gasteiger partial charge in [-0.05, 0) is 47.0 Å². The van der Waals surface area contributed by atoms with E-state index in [1.165, 1.54) is 12.1 Å². The van der Waals surface area contributed by atoms with Crippen molar-refractivity contribution in [3.63, 3.8) is 0 Å². The average Bonchev–Trinajstić information content (AvgIpc) is 3.40. The minimum Gasteiger partial charge on any atom is -0.352 e. The molecule has 200 valence electrons. The standard InChI is InChI=1S/C29H31F3N4OS/c1-18(2)25-17-35(11-12-36(25)26(37)15-23-6-5-13-38-23)28-21(16-33)14-24(27(34-28)19(3)4)20-7-9-22(10-8-20)29(30,31)32/h5-10,13-14,18-19,25H,11-12,15,17H2,1-4H3/t25-/m0/s1. The number of rotatable bonds is 6. The Balaban J connectivity index is 1.65. The van der Waals surface area contributed by atoms with Crippen LogP contribution >= 0.6 is 11.3 Å². The molecule has 0 N–H and O–H groups in total. The zero-order chi connectivity index (χ0) is 27.6. The maximum atomic E-state index is 13.2. The maximum Gasteiger partial charge on any atom is 0.416 e. The van der Waals surface area contributed by atoms with Crippen LogP contribution < -0.4 is 4.90 Å². The predicted octanol–water partition coefficient (Wildman–Crippen LogP) is 6.74. The Bertz CT molecular complexity index is 1310. The summed E-state index contributed by atoms with van der Waals surface area (Å²) in [5.41, 5.74) is 1.60. The van der Waals surface area contributed by atoms with Gasteiger partial charge in [-0.2, -0.15) is 18.4 Å². The van der Waals surface area contributed by atoms with Crippen molar-refractivity contribution in [1.82, 2.24) is 9.88 Å². The van der Waals surface area contributed by atoms with Crippen molar-refractivity contribution in [2.45, 2.75) is 52.3 Å². The van der Waals surface area contributed by atoms with Crippen LogP contribution in [-0.4, -0.2) is 41.5 Å². The lowest BCUT2D eigenvalue weighted by atomic mass is 9.94. The summed E-state index contributed by atoms with van der Waals surface area (Å²) in [5.74, 6) is 0.836. The Morgan fingerprint density at radius 3 is 2.42 bits per heavy atom. The zero-order valence-corrected chi connectivity index (χ0v) is 22.7. The summed E-state index contributed by atoms with van der Waals surface area (Å²) in [5, 5.41) is 12.0. The van der Waals surface area contributed by atoms with Crippen molar-refractivity contribution >= 4 is 23.1 Å². The second kappa shape index (κ2) is 11.2. The van der Waals surface area contributed by atoms with E-state index in [0.717, 1.165) is 22.7 Å². The summed E-state index contributed by atoms with van der Waals surface area (Å²) in [6.45, 7) is 9.74. The highest BCUT2D eigenvalue weighted by atomic mass is 32.1. The molecule has 0 radical (unpaired) electrons. The molecule has 1 fully saturated rings. The number of alkyl halides is 3. The van der Waals surface area contributed by atoms with E-state index in [2.05, 4.69) is 24.8 Å². The van der Waals surface area contributed by atoms with Crippen LogP contribution in [0, 0.1) is 17.2 Å². The van der Waals surface area contributed by atoms with Crippen LogP contribution in [0.3, 0.4) is 0 Å². The van der Waals surface area contributed by atoms with E-state index in [4.69, 9.17) is 4.98 Å². The van der Waals surface area contributed by atoms with Gasteiger partial charge in [0, 0.05) is 30.1 Å². The number of amides is 1. The molecule has 1 aliphatic rings. The second-order valence-corrected chi connectivity index (χ2v) is 11.3. The normalized spacial score (nSPS) is 16.3. The molecule has 1 atom stereocenters. The lowest BCUT2D eigenvalue weighted by Crippen LogP contribution is -2.57. The van der Waals surface area contributed by atoms with Crippen LogP contribution in [0.25, 0.3) is 11.1 Å². The van der Waals surface area contributed by atoms with Gasteiger partial charge in [-0.25, -0.2) is 4.98 Å². The highest BCUT2D eigenvalue weighted by Crippen LogP contribution is 2.36. The van der Waals surface area contributed by atoms with Crippen molar-refractivity contribution < 1.29 is 18.0 Å². The number of benzene rings is 1. The van der Waals surface area contributed by atoms with E-state index in [1.807, 2.05) is 36.3 Å².